The van der Waals surface area contributed by atoms with Gasteiger partial charge < -0.3 is 26.4 Å². The highest BCUT2D eigenvalue weighted by atomic mass is 32.2. The predicted octanol–water partition coefficient (Wildman–Crippen LogP) is 1.27. The summed E-state index contributed by atoms with van der Waals surface area (Å²) >= 11 is 1.90. The van der Waals surface area contributed by atoms with Crippen LogP contribution in [-0.4, -0.2) is 59.3 Å². The molecule has 0 aromatic rings. The summed E-state index contributed by atoms with van der Waals surface area (Å²) in [5.41, 5.74) is 0. The third-order valence-corrected chi connectivity index (χ3v) is 6.04. The molecule has 2 heterocycles. The van der Waals surface area contributed by atoms with E-state index in [4.69, 9.17) is 5.11 Å². The molecule has 2 aliphatic rings. The molecule has 2 saturated heterocycles. The third-order valence-electron chi connectivity index (χ3n) is 4.53. The summed E-state index contributed by atoms with van der Waals surface area (Å²) < 4.78 is 0. The zero-order valence-electron chi connectivity index (χ0n) is 14.4. The molecule has 0 radical (unpaired) electrons. The van der Waals surface area contributed by atoms with Crippen molar-refractivity contribution in [2.24, 2.45) is 0 Å². The molecule has 0 aromatic carbocycles. The lowest BCUT2D eigenvalue weighted by atomic mass is 10.0. The smallest absolute Gasteiger partial charge is 0.404 e. The van der Waals surface area contributed by atoms with E-state index >= 15 is 0 Å². The Kier molecular flexibility index (Phi) is 8.17. The Bertz CT molecular complexity index is 477. The Morgan fingerprint density at radius 1 is 1.08 bits per heavy atom. The second-order valence-electron chi connectivity index (χ2n) is 6.51. The van der Waals surface area contributed by atoms with E-state index < -0.39 is 6.09 Å². The van der Waals surface area contributed by atoms with Crippen molar-refractivity contribution in [1.82, 2.24) is 21.3 Å². The molecule has 2 aliphatic heterocycles. The van der Waals surface area contributed by atoms with Crippen molar-refractivity contribution in [1.29, 1.82) is 0 Å². The van der Waals surface area contributed by atoms with Crippen molar-refractivity contribution in [2.75, 3.05) is 18.8 Å². The molecule has 0 saturated carbocycles. The largest absolute Gasteiger partial charge is 0.465 e. The van der Waals surface area contributed by atoms with Crippen molar-refractivity contribution in [3.63, 3.8) is 0 Å². The van der Waals surface area contributed by atoms with E-state index in [2.05, 4.69) is 21.3 Å². The zero-order chi connectivity index (χ0) is 18.1. The molecule has 2 rings (SSSR count). The molecule has 2 fully saturated rings. The number of amides is 4. The van der Waals surface area contributed by atoms with Crippen molar-refractivity contribution in [3.05, 3.63) is 0 Å². The quantitative estimate of drug-likeness (QED) is 0.276. The van der Waals surface area contributed by atoms with Crippen LogP contribution in [-0.2, 0) is 4.79 Å². The summed E-state index contributed by atoms with van der Waals surface area (Å²) in [6, 6.07) is 0.442. The first-order valence-corrected chi connectivity index (χ1v) is 10.0. The van der Waals surface area contributed by atoms with Gasteiger partial charge in [0.15, 0.2) is 0 Å². The highest BCUT2D eigenvalue weighted by molar-refractivity contribution is 8.00. The number of carbonyl (C=O) groups excluding carboxylic acids is 2. The standard InChI is InChI=1S/C16H28N4O4S/c21-13(17-8-4-1-5-9-18-16(23)24)7-3-2-6-12-14-11(10-25-12)19-15(22)20-14/h11-12,14,18H,1-10H2,(H,17,21)(H,23,24)(H2,19,20,22)/t11-,12-,14-/m0/s1. The Morgan fingerprint density at radius 3 is 2.60 bits per heavy atom. The van der Waals surface area contributed by atoms with Crippen molar-refractivity contribution >= 4 is 29.8 Å². The van der Waals surface area contributed by atoms with Gasteiger partial charge in [0.25, 0.3) is 0 Å². The summed E-state index contributed by atoms with van der Waals surface area (Å²) in [5.74, 6) is 1.05. The van der Waals surface area contributed by atoms with Crippen LogP contribution in [0.3, 0.4) is 0 Å². The number of carboxylic acid groups (broad SMARTS) is 1. The molecule has 0 aliphatic carbocycles. The number of rotatable bonds is 11. The normalized spacial score (nSPS) is 24.3. The predicted molar refractivity (Wildman–Crippen MR) is 96.8 cm³/mol. The molecule has 0 bridgehead atoms. The van der Waals surface area contributed by atoms with E-state index in [0.29, 0.717) is 24.8 Å². The number of nitrogens with one attached hydrogen (secondary N) is 4. The van der Waals surface area contributed by atoms with Gasteiger partial charge in [0.2, 0.25) is 5.91 Å². The molecule has 9 heteroatoms. The summed E-state index contributed by atoms with van der Waals surface area (Å²) in [6.07, 6.45) is 4.97. The van der Waals surface area contributed by atoms with Crippen molar-refractivity contribution in [2.45, 2.75) is 62.3 Å². The van der Waals surface area contributed by atoms with Gasteiger partial charge in [-0.05, 0) is 32.1 Å². The van der Waals surface area contributed by atoms with Gasteiger partial charge in [-0.2, -0.15) is 11.8 Å². The SMILES string of the molecule is O=C(O)NCCCCCNC(=O)CCCC[C@@H]1SC[C@@H]2NC(=O)N[C@@H]21. The topological polar surface area (TPSA) is 120 Å². The van der Waals surface area contributed by atoms with E-state index in [1.54, 1.807) is 0 Å². The average Bonchev–Trinajstić information content (AvgIpc) is 3.10. The van der Waals surface area contributed by atoms with Gasteiger partial charge in [0.05, 0.1) is 12.1 Å². The molecular weight excluding hydrogens is 344 g/mol. The third kappa shape index (κ3) is 7.01. The van der Waals surface area contributed by atoms with Crippen molar-refractivity contribution < 1.29 is 19.5 Å². The van der Waals surface area contributed by atoms with Crippen LogP contribution in [0.1, 0.15) is 44.9 Å². The highest BCUT2D eigenvalue weighted by Gasteiger charge is 2.42. The average molecular weight is 372 g/mol. The summed E-state index contributed by atoms with van der Waals surface area (Å²) in [4.78, 5) is 33.4. The number of hydrogen-bond donors (Lipinski definition) is 5. The monoisotopic (exact) mass is 372 g/mol. The van der Waals surface area contributed by atoms with E-state index in [0.717, 1.165) is 44.3 Å². The second-order valence-corrected chi connectivity index (χ2v) is 7.78. The number of thioether (sulfide) groups is 1. The molecule has 8 nitrogen and oxygen atoms in total. The minimum absolute atomic E-state index is 0.0570. The maximum absolute atomic E-state index is 11.8. The first kappa shape index (κ1) is 19.7. The molecule has 0 aromatic heterocycles. The van der Waals surface area contributed by atoms with Crippen LogP contribution >= 0.6 is 11.8 Å². The van der Waals surface area contributed by atoms with Gasteiger partial charge in [-0.3, -0.25) is 4.79 Å². The number of fused-ring (bicyclic) bond motifs is 1. The number of hydrogen-bond acceptors (Lipinski definition) is 4. The maximum atomic E-state index is 11.8. The number of urea groups is 1. The summed E-state index contributed by atoms with van der Waals surface area (Å²) in [5, 5.41) is 20.0. The van der Waals surface area contributed by atoms with Crippen LogP contribution in [0, 0.1) is 0 Å². The van der Waals surface area contributed by atoms with Gasteiger partial charge in [-0.15, -0.1) is 0 Å². The van der Waals surface area contributed by atoms with Gasteiger partial charge in [0, 0.05) is 30.5 Å². The summed E-state index contributed by atoms with van der Waals surface area (Å²) in [6.45, 7) is 1.10. The lowest BCUT2D eigenvalue weighted by molar-refractivity contribution is -0.121. The first-order chi connectivity index (χ1) is 12.1. The second kappa shape index (κ2) is 10.4. The Balaban J connectivity index is 1.42. The van der Waals surface area contributed by atoms with E-state index in [1.165, 1.54) is 0 Å². The lowest BCUT2D eigenvalue weighted by Crippen LogP contribution is -2.36. The van der Waals surface area contributed by atoms with Crippen LogP contribution in [0.15, 0.2) is 0 Å². The fourth-order valence-electron chi connectivity index (χ4n) is 3.21. The molecule has 25 heavy (non-hydrogen) atoms. The van der Waals surface area contributed by atoms with Gasteiger partial charge >= 0.3 is 12.1 Å². The van der Waals surface area contributed by atoms with Crippen LogP contribution in [0.2, 0.25) is 0 Å². The minimum atomic E-state index is -0.994. The van der Waals surface area contributed by atoms with Crippen LogP contribution < -0.4 is 21.3 Å². The fourth-order valence-corrected chi connectivity index (χ4v) is 4.76. The lowest BCUT2D eigenvalue weighted by Gasteiger charge is -2.16. The molecule has 0 spiro atoms. The minimum Gasteiger partial charge on any atom is -0.465 e. The van der Waals surface area contributed by atoms with E-state index in [1.807, 2.05) is 11.8 Å². The molecule has 0 unspecified atom stereocenters. The Labute approximate surface area is 152 Å². The van der Waals surface area contributed by atoms with Crippen molar-refractivity contribution in [3.8, 4) is 0 Å². The summed E-state index contributed by atoms with van der Waals surface area (Å²) in [7, 11) is 0. The molecular formula is C16H28N4O4S. The van der Waals surface area contributed by atoms with Crippen LogP contribution in [0.25, 0.3) is 0 Å². The number of carbonyl (C=O) groups is 3. The van der Waals surface area contributed by atoms with Gasteiger partial charge in [-0.1, -0.05) is 6.42 Å². The molecule has 3 atom stereocenters. The van der Waals surface area contributed by atoms with E-state index in [-0.39, 0.29) is 24.0 Å². The molecule has 4 amide bonds. The molecule has 5 N–H and O–H groups in total. The first-order valence-electron chi connectivity index (χ1n) is 8.98. The van der Waals surface area contributed by atoms with Gasteiger partial charge in [-0.25, -0.2) is 9.59 Å². The maximum Gasteiger partial charge on any atom is 0.404 e. The highest BCUT2D eigenvalue weighted by Crippen LogP contribution is 2.33. The van der Waals surface area contributed by atoms with E-state index in [9.17, 15) is 14.4 Å². The van der Waals surface area contributed by atoms with Crippen LogP contribution in [0.5, 0.6) is 0 Å². The molecule has 142 valence electrons. The Morgan fingerprint density at radius 2 is 1.84 bits per heavy atom. The van der Waals surface area contributed by atoms with Gasteiger partial charge in [0.1, 0.15) is 0 Å². The zero-order valence-corrected chi connectivity index (χ0v) is 15.2. The number of unbranched alkanes of at least 4 members (excludes halogenated alkanes) is 3. The Hall–Kier alpha value is -1.64. The van der Waals surface area contributed by atoms with Crippen LogP contribution in [0.4, 0.5) is 9.59 Å². The fraction of sp³-hybridized carbons (Fsp3) is 0.812.